The number of rotatable bonds is 7. The van der Waals surface area contributed by atoms with Crippen molar-refractivity contribution in [2.45, 2.75) is 38.5 Å². The zero-order chi connectivity index (χ0) is 15.1. The topological polar surface area (TPSA) is 35.0 Å². The molecule has 0 bridgehead atoms. The minimum absolute atomic E-state index is 0.368. The van der Waals surface area contributed by atoms with Gasteiger partial charge in [0.15, 0.2) is 0 Å². The molecule has 0 radical (unpaired) electrons. The number of pyridine rings is 2. The van der Waals surface area contributed by atoms with Gasteiger partial charge in [-0.1, -0.05) is 13.8 Å². The minimum Gasteiger partial charge on any atom is -0.478 e. The van der Waals surface area contributed by atoms with Gasteiger partial charge in [-0.15, -0.1) is 11.6 Å². The molecular weight excluding hydrogens is 284 g/mol. The van der Waals surface area contributed by atoms with Crippen LogP contribution in [0, 0.1) is 0 Å². The molecule has 0 aliphatic rings. The van der Waals surface area contributed by atoms with Crippen LogP contribution < -0.4 is 4.74 Å². The first kappa shape index (κ1) is 15.8. The number of aromatic nitrogens is 2. The lowest BCUT2D eigenvalue weighted by atomic mass is 10.1. The summed E-state index contributed by atoms with van der Waals surface area (Å²) in [7, 11) is 0. The van der Waals surface area contributed by atoms with E-state index < -0.39 is 0 Å². The molecule has 0 spiro atoms. The molecule has 0 atom stereocenters. The molecule has 0 N–H and O–H groups in total. The maximum Gasteiger partial charge on any atom is 0.213 e. The summed E-state index contributed by atoms with van der Waals surface area (Å²) in [6.07, 6.45) is 5.57. The molecule has 2 aromatic heterocycles. The summed E-state index contributed by atoms with van der Waals surface area (Å²) < 4.78 is 5.78. The molecule has 0 aliphatic carbocycles. The Labute approximate surface area is 131 Å². The lowest BCUT2D eigenvalue weighted by molar-refractivity contribution is 0.298. The van der Waals surface area contributed by atoms with Crippen molar-refractivity contribution < 1.29 is 4.74 Å². The number of aryl methyl sites for hydroxylation is 1. The highest BCUT2D eigenvalue weighted by Gasteiger charge is 2.07. The molecule has 0 unspecified atom stereocenters. The van der Waals surface area contributed by atoms with E-state index in [1.165, 1.54) is 5.56 Å². The molecule has 0 saturated carbocycles. The van der Waals surface area contributed by atoms with E-state index in [1.54, 1.807) is 0 Å². The Bertz CT molecular complexity index is 558. The fraction of sp³-hybridized carbons (Fsp3) is 0.412. The standard InChI is InChI=1S/C17H21ClN2O/c1-13(2)16-10-15(12-18)11-17(20-16)21-9-3-4-14-5-7-19-8-6-14/h5-8,10-11,13H,3-4,9,12H2,1-2H3. The van der Waals surface area contributed by atoms with E-state index in [-0.39, 0.29) is 0 Å². The van der Waals surface area contributed by atoms with Crippen LogP contribution in [0.3, 0.4) is 0 Å². The highest BCUT2D eigenvalue weighted by atomic mass is 35.5. The Morgan fingerprint density at radius 3 is 2.57 bits per heavy atom. The molecular formula is C17H21ClN2O. The van der Waals surface area contributed by atoms with Crippen molar-refractivity contribution in [2.24, 2.45) is 0 Å². The first-order valence-electron chi connectivity index (χ1n) is 7.27. The summed E-state index contributed by atoms with van der Waals surface area (Å²) in [5.74, 6) is 1.52. The van der Waals surface area contributed by atoms with Crippen LogP contribution in [0.5, 0.6) is 5.88 Å². The highest BCUT2D eigenvalue weighted by Crippen LogP contribution is 2.20. The van der Waals surface area contributed by atoms with E-state index in [4.69, 9.17) is 16.3 Å². The number of halogens is 1. The number of alkyl halides is 1. The van der Waals surface area contributed by atoms with Gasteiger partial charge in [0.1, 0.15) is 0 Å². The SMILES string of the molecule is CC(C)c1cc(CCl)cc(OCCCc2ccncc2)n1. The summed E-state index contributed by atoms with van der Waals surface area (Å²) >= 11 is 5.93. The largest absolute Gasteiger partial charge is 0.478 e. The zero-order valence-electron chi connectivity index (χ0n) is 12.6. The maximum absolute atomic E-state index is 5.93. The van der Waals surface area contributed by atoms with Crippen molar-refractivity contribution in [1.29, 1.82) is 0 Å². The summed E-state index contributed by atoms with van der Waals surface area (Å²) in [4.78, 5) is 8.55. The van der Waals surface area contributed by atoms with E-state index in [0.717, 1.165) is 24.1 Å². The van der Waals surface area contributed by atoms with Crippen molar-refractivity contribution in [2.75, 3.05) is 6.61 Å². The van der Waals surface area contributed by atoms with Gasteiger partial charge in [0, 0.05) is 30.0 Å². The van der Waals surface area contributed by atoms with Gasteiger partial charge in [-0.2, -0.15) is 0 Å². The van der Waals surface area contributed by atoms with Gasteiger partial charge in [0.2, 0.25) is 5.88 Å². The molecule has 0 aromatic carbocycles. The molecule has 0 fully saturated rings. The number of hydrogen-bond donors (Lipinski definition) is 0. The summed E-state index contributed by atoms with van der Waals surface area (Å²) in [5, 5.41) is 0. The molecule has 2 heterocycles. The Morgan fingerprint density at radius 1 is 1.14 bits per heavy atom. The van der Waals surface area contributed by atoms with Crippen LogP contribution >= 0.6 is 11.6 Å². The molecule has 0 amide bonds. The van der Waals surface area contributed by atoms with Gasteiger partial charge in [0.25, 0.3) is 0 Å². The zero-order valence-corrected chi connectivity index (χ0v) is 13.3. The van der Waals surface area contributed by atoms with Gasteiger partial charge in [-0.05, 0) is 48.1 Å². The van der Waals surface area contributed by atoms with Gasteiger partial charge in [-0.25, -0.2) is 4.98 Å². The molecule has 21 heavy (non-hydrogen) atoms. The summed E-state index contributed by atoms with van der Waals surface area (Å²) in [6.45, 7) is 4.89. The normalized spacial score (nSPS) is 10.9. The van der Waals surface area contributed by atoms with Crippen molar-refractivity contribution in [3.8, 4) is 5.88 Å². The second-order valence-electron chi connectivity index (χ2n) is 5.33. The lowest BCUT2D eigenvalue weighted by Gasteiger charge is -2.11. The Morgan fingerprint density at radius 2 is 1.90 bits per heavy atom. The molecule has 0 aliphatic heterocycles. The highest BCUT2D eigenvalue weighted by molar-refractivity contribution is 6.17. The van der Waals surface area contributed by atoms with E-state index in [0.29, 0.717) is 24.3 Å². The Kier molecular flexibility index (Phi) is 6.00. The van der Waals surface area contributed by atoms with Crippen molar-refractivity contribution in [1.82, 2.24) is 9.97 Å². The fourth-order valence-electron chi connectivity index (χ4n) is 2.03. The predicted octanol–water partition coefficient (Wildman–Crippen LogP) is 4.35. The van der Waals surface area contributed by atoms with Crippen LogP contribution in [-0.2, 0) is 12.3 Å². The smallest absolute Gasteiger partial charge is 0.213 e. The van der Waals surface area contributed by atoms with Gasteiger partial charge in [-0.3, -0.25) is 4.98 Å². The Balaban J connectivity index is 1.89. The molecule has 112 valence electrons. The van der Waals surface area contributed by atoms with Crippen LogP contribution in [-0.4, -0.2) is 16.6 Å². The van der Waals surface area contributed by atoms with Gasteiger partial charge >= 0.3 is 0 Å². The van der Waals surface area contributed by atoms with Gasteiger partial charge < -0.3 is 4.74 Å². The van der Waals surface area contributed by atoms with Crippen molar-refractivity contribution in [3.05, 3.63) is 53.5 Å². The van der Waals surface area contributed by atoms with Crippen LogP contribution in [0.4, 0.5) is 0 Å². The molecule has 3 nitrogen and oxygen atoms in total. The van der Waals surface area contributed by atoms with Crippen LogP contribution in [0.1, 0.15) is 43.0 Å². The predicted molar refractivity (Wildman–Crippen MR) is 85.9 cm³/mol. The average Bonchev–Trinajstić information content (AvgIpc) is 2.52. The second-order valence-corrected chi connectivity index (χ2v) is 5.60. The van der Waals surface area contributed by atoms with Crippen molar-refractivity contribution >= 4 is 11.6 Å². The van der Waals surface area contributed by atoms with Crippen LogP contribution in [0.2, 0.25) is 0 Å². The lowest BCUT2D eigenvalue weighted by Crippen LogP contribution is -2.04. The first-order chi connectivity index (χ1) is 10.2. The van der Waals surface area contributed by atoms with E-state index in [1.807, 2.05) is 36.7 Å². The van der Waals surface area contributed by atoms with E-state index >= 15 is 0 Å². The van der Waals surface area contributed by atoms with E-state index in [2.05, 4.69) is 23.8 Å². The number of ether oxygens (including phenoxy) is 1. The summed E-state index contributed by atoms with van der Waals surface area (Å²) in [5.41, 5.74) is 3.36. The minimum atomic E-state index is 0.368. The monoisotopic (exact) mass is 304 g/mol. The fourth-order valence-corrected chi connectivity index (χ4v) is 2.19. The Hall–Kier alpha value is -1.61. The average molecular weight is 305 g/mol. The number of nitrogens with zero attached hydrogens (tertiary/aromatic N) is 2. The molecule has 2 rings (SSSR count). The molecule has 0 saturated heterocycles. The third-order valence-electron chi connectivity index (χ3n) is 3.24. The van der Waals surface area contributed by atoms with E-state index in [9.17, 15) is 0 Å². The third kappa shape index (κ3) is 5.01. The van der Waals surface area contributed by atoms with Crippen LogP contribution in [0.15, 0.2) is 36.7 Å². The van der Waals surface area contributed by atoms with Crippen molar-refractivity contribution in [3.63, 3.8) is 0 Å². The third-order valence-corrected chi connectivity index (χ3v) is 3.54. The van der Waals surface area contributed by atoms with Gasteiger partial charge in [0.05, 0.1) is 6.61 Å². The quantitative estimate of drug-likeness (QED) is 0.563. The maximum atomic E-state index is 5.93. The number of hydrogen-bond acceptors (Lipinski definition) is 3. The molecule has 4 heteroatoms. The second kappa shape index (κ2) is 7.99. The first-order valence-corrected chi connectivity index (χ1v) is 7.81. The summed E-state index contributed by atoms with van der Waals surface area (Å²) in [6, 6.07) is 8.03. The van der Waals surface area contributed by atoms with Crippen LogP contribution in [0.25, 0.3) is 0 Å². The molecule has 2 aromatic rings.